The van der Waals surface area contributed by atoms with E-state index in [1.54, 1.807) is 11.3 Å². The van der Waals surface area contributed by atoms with Crippen molar-refractivity contribution in [1.29, 1.82) is 0 Å². The molecule has 0 saturated heterocycles. The predicted molar refractivity (Wildman–Crippen MR) is 133 cm³/mol. The van der Waals surface area contributed by atoms with Crippen molar-refractivity contribution in [2.45, 2.75) is 75.9 Å². The van der Waals surface area contributed by atoms with E-state index in [4.69, 9.17) is 4.98 Å². The maximum atomic E-state index is 13.7. The zero-order chi connectivity index (χ0) is 22.1. The number of carbonyl (C=O) groups is 1. The molecule has 32 heavy (non-hydrogen) atoms. The molecule has 2 aliphatic carbocycles. The summed E-state index contributed by atoms with van der Waals surface area (Å²) in [6, 6.07) is 8.15. The number of hydrogen-bond acceptors (Lipinski definition) is 5. The van der Waals surface area contributed by atoms with Crippen LogP contribution in [-0.2, 0) is 24.1 Å². The van der Waals surface area contributed by atoms with Gasteiger partial charge in [-0.05, 0) is 68.2 Å². The van der Waals surface area contributed by atoms with Gasteiger partial charge in [0, 0.05) is 16.6 Å². The lowest BCUT2D eigenvalue weighted by atomic mass is 9.97. The second-order valence-corrected chi connectivity index (χ2v) is 10.8. The van der Waals surface area contributed by atoms with E-state index < -0.39 is 0 Å². The minimum absolute atomic E-state index is 0.0722. The quantitative estimate of drug-likeness (QED) is 0.371. The van der Waals surface area contributed by atoms with Crippen LogP contribution >= 0.6 is 23.1 Å². The molecule has 0 aliphatic heterocycles. The molecule has 2 heterocycles. The number of fused-ring (bicyclic) bond motifs is 3. The summed E-state index contributed by atoms with van der Waals surface area (Å²) in [5.74, 6) is 0.169. The van der Waals surface area contributed by atoms with Gasteiger partial charge in [-0.1, -0.05) is 43.7 Å². The van der Waals surface area contributed by atoms with Crippen LogP contribution in [0.1, 0.15) is 67.5 Å². The molecule has 1 fully saturated rings. The Bertz CT molecular complexity index is 1190. The molecule has 5 nitrogen and oxygen atoms in total. The highest BCUT2D eigenvalue weighted by Crippen LogP contribution is 2.37. The highest BCUT2D eigenvalue weighted by Gasteiger charge is 2.27. The Morgan fingerprint density at radius 1 is 1.16 bits per heavy atom. The molecule has 1 amide bonds. The number of nitrogens with zero attached hydrogens (tertiary/aromatic N) is 2. The number of carbonyl (C=O) groups excluding carboxylic acids is 1. The first-order chi connectivity index (χ1) is 15.6. The van der Waals surface area contributed by atoms with Gasteiger partial charge in [-0.25, -0.2) is 4.98 Å². The van der Waals surface area contributed by atoms with Crippen molar-refractivity contribution in [1.82, 2.24) is 9.55 Å². The van der Waals surface area contributed by atoms with E-state index in [1.165, 1.54) is 34.2 Å². The van der Waals surface area contributed by atoms with Crippen LogP contribution in [0.5, 0.6) is 0 Å². The molecule has 2 aliphatic rings. The maximum Gasteiger partial charge on any atom is 0.263 e. The van der Waals surface area contributed by atoms with Gasteiger partial charge in [0.15, 0.2) is 5.16 Å². The number of thiophene rings is 1. The second-order valence-electron chi connectivity index (χ2n) is 8.79. The zero-order valence-electron chi connectivity index (χ0n) is 18.5. The molecule has 0 atom stereocenters. The Labute approximate surface area is 196 Å². The van der Waals surface area contributed by atoms with Gasteiger partial charge in [0.05, 0.1) is 11.1 Å². The third-order valence-corrected chi connectivity index (χ3v) is 8.80. The van der Waals surface area contributed by atoms with Crippen molar-refractivity contribution in [2.24, 2.45) is 0 Å². The predicted octanol–water partition coefficient (Wildman–Crippen LogP) is 5.75. The number of aryl methyl sites for hydroxylation is 3. The molecule has 168 valence electrons. The lowest BCUT2D eigenvalue weighted by Crippen LogP contribution is -2.27. The lowest BCUT2D eigenvalue weighted by Gasteiger charge is -2.18. The average molecular weight is 468 g/mol. The Kier molecular flexibility index (Phi) is 6.37. The Hall–Kier alpha value is -2.12. The highest BCUT2D eigenvalue weighted by atomic mass is 32.2. The molecule has 2 aromatic heterocycles. The van der Waals surface area contributed by atoms with Crippen molar-refractivity contribution in [3.8, 4) is 0 Å². The molecule has 1 aromatic carbocycles. The topological polar surface area (TPSA) is 64.0 Å². The van der Waals surface area contributed by atoms with Crippen LogP contribution in [0.15, 0.2) is 34.2 Å². The summed E-state index contributed by atoms with van der Waals surface area (Å²) in [4.78, 5) is 33.5. The van der Waals surface area contributed by atoms with Crippen LogP contribution < -0.4 is 10.9 Å². The van der Waals surface area contributed by atoms with Crippen LogP contribution in [0.3, 0.4) is 0 Å². The summed E-state index contributed by atoms with van der Waals surface area (Å²) >= 11 is 3.07. The van der Waals surface area contributed by atoms with Crippen LogP contribution in [0, 0.1) is 0 Å². The number of hydrogen-bond donors (Lipinski definition) is 1. The average Bonchev–Trinajstić information content (AvgIpc) is 3.46. The molecule has 5 rings (SSSR count). The summed E-state index contributed by atoms with van der Waals surface area (Å²) in [5, 5.41) is 4.52. The van der Waals surface area contributed by atoms with Gasteiger partial charge < -0.3 is 5.32 Å². The first-order valence-electron chi connectivity index (χ1n) is 11.7. The van der Waals surface area contributed by atoms with E-state index in [9.17, 15) is 9.59 Å². The van der Waals surface area contributed by atoms with Gasteiger partial charge in [-0.15, -0.1) is 11.3 Å². The Balaban J connectivity index is 1.42. The summed E-state index contributed by atoms with van der Waals surface area (Å²) in [6.07, 6.45) is 9.69. The van der Waals surface area contributed by atoms with Crippen LogP contribution in [0.4, 0.5) is 5.69 Å². The zero-order valence-corrected chi connectivity index (χ0v) is 20.1. The van der Waals surface area contributed by atoms with Crippen LogP contribution in [0.2, 0.25) is 0 Å². The molecule has 1 saturated carbocycles. The first-order valence-corrected chi connectivity index (χ1v) is 13.5. The van der Waals surface area contributed by atoms with Gasteiger partial charge in [-0.3, -0.25) is 14.2 Å². The fourth-order valence-corrected chi connectivity index (χ4v) is 7.10. The lowest BCUT2D eigenvalue weighted by molar-refractivity contribution is -0.113. The normalized spacial score (nSPS) is 16.4. The van der Waals surface area contributed by atoms with Gasteiger partial charge in [0.25, 0.3) is 5.56 Å². The Morgan fingerprint density at radius 2 is 1.91 bits per heavy atom. The summed E-state index contributed by atoms with van der Waals surface area (Å²) in [6.45, 7) is 2.11. The fourth-order valence-electron chi connectivity index (χ4n) is 4.94. The van der Waals surface area contributed by atoms with Crippen LogP contribution in [-0.4, -0.2) is 21.2 Å². The van der Waals surface area contributed by atoms with Crippen molar-refractivity contribution in [3.63, 3.8) is 0 Å². The molecular weight excluding hydrogens is 438 g/mol. The number of nitrogens with one attached hydrogen (secondary N) is 1. The maximum absolute atomic E-state index is 13.7. The molecular formula is C25H29N3O2S2. The van der Waals surface area contributed by atoms with Crippen molar-refractivity contribution >= 4 is 44.9 Å². The van der Waals surface area contributed by atoms with E-state index in [0.29, 0.717) is 5.16 Å². The van der Waals surface area contributed by atoms with E-state index in [2.05, 4.69) is 12.2 Å². The summed E-state index contributed by atoms with van der Waals surface area (Å²) < 4.78 is 1.92. The molecule has 0 radical (unpaired) electrons. The van der Waals surface area contributed by atoms with E-state index in [-0.39, 0.29) is 23.3 Å². The van der Waals surface area contributed by atoms with E-state index in [1.807, 2.05) is 28.8 Å². The van der Waals surface area contributed by atoms with Gasteiger partial charge in [0.2, 0.25) is 5.91 Å². The van der Waals surface area contributed by atoms with Crippen molar-refractivity contribution in [2.75, 3.05) is 11.1 Å². The minimum atomic E-state index is -0.0722. The molecule has 0 spiro atoms. The van der Waals surface area contributed by atoms with Gasteiger partial charge in [-0.2, -0.15) is 0 Å². The minimum Gasteiger partial charge on any atom is -0.325 e. The monoisotopic (exact) mass is 467 g/mol. The number of anilines is 1. The second kappa shape index (κ2) is 9.40. The van der Waals surface area contributed by atoms with Crippen molar-refractivity contribution in [3.05, 3.63) is 50.6 Å². The van der Waals surface area contributed by atoms with Gasteiger partial charge in [0.1, 0.15) is 4.83 Å². The fraction of sp³-hybridized carbons (Fsp3) is 0.480. The standard InChI is InChI=1S/C25H29N3O2S2/c1-2-16-11-13-17(14-12-16)26-21(29)15-31-25-27-23-22(19-9-5-6-10-20(19)32-23)24(30)28(25)18-7-3-4-8-18/h11-14,18H,2-10,15H2,1H3,(H,26,29). The number of benzene rings is 1. The molecule has 3 aromatic rings. The SMILES string of the molecule is CCc1ccc(NC(=O)CSc2nc3sc4c(c3c(=O)n2C2CCCC2)CCCC4)cc1. The third-order valence-electron chi connectivity index (χ3n) is 6.66. The Morgan fingerprint density at radius 3 is 2.66 bits per heavy atom. The number of thioether (sulfide) groups is 1. The number of amides is 1. The van der Waals surface area contributed by atoms with E-state index >= 15 is 0 Å². The van der Waals surface area contributed by atoms with Gasteiger partial charge >= 0.3 is 0 Å². The van der Waals surface area contributed by atoms with Crippen molar-refractivity contribution < 1.29 is 4.79 Å². The number of rotatable bonds is 6. The molecule has 1 N–H and O–H groups in total. The highest BCUT2D eigenvalue weighted by molar-refractivity contribution is 7.99. The summed E-state index contributed by atoms with van der Waals surface area (Å²) in [5.41, 5.74) is 3.40. The largest absolute Gasteiger partial charge is 0.325 e. The summed E-state index contributed by atoms with van der Waals surface area (Å²) in [7, 11) is 0. The first kappa shape index (κ1) is 21.7. The molecule has 7 heteroatoms. The third kappa shape index (κ3) is 4.25. The number of aromatic nitrogens is 2. The molecule has 0 unspecified atom stereocenters. The molecule has 0 bridgehead atoms. The van der Waals surface area contributed by atoms with E-state index in [0.717, 1.165) is 67.3 Å². The van der Waals surface area contributed by atoms with Crippen LogP contribution in [0.25, 0.3) is 10.2 Å². The smallest absolute Gasteiger partial charge is 0.263 e.